The van der Waals surface area contributed by atoms with Gasteiger partial charge in [-0.1, -0.05) is 12.1 Å². The third-order valence-corrected chi connectivity index (χ3v) is 3.71. The van der Waals surface area contributed by atoms with E-state index in [1.54, 1.807) is 30.6 Å². The largest absolute Gasteiger partial charge is 0.487 e. The standard InChI is InChI=1S/C19H19N3O4/c1-19(2,18(23)24)26-14-5-3-4-13(10-14)12-25-15-6-7-16(20-11-15)17-8-9-21-22-17/h3-11H,12H2,1-2H3,(H,21,22)(H,23,24). The SMILES string of the molecule is CC(C)(Oc1cccc(COc2ccc(-c3ccn[nH]3)nc2)c1)C(=O)O. The van der Waals surface area contributed by atoms with Crippen molar-refractivity contribution in [3.05, 3.63) is 60.4 Å². The number of benzene rings is 1. The summed E-state index contributed by atoms with van der Waals surface area (Å²) in [5, 5.41) is 15.9. The molecule has 1 aromatic carbocycles. The average molecular weight is 353 g/mol. The number of aromatic nitrogens is 3. The molecule has 3 aromatic rings. The lowest BCUT2D eigenvalue weighted by Crippen LogP contribution is -2.37. The highest BCUT2D eigenvalue weighted by molar-refractivity contribution is 5.76. The molecule has 0 spiro atoms. The summed E-state index contributed by atoms with van der Waals surface area (Å²) in [6, 6.07) is 12.7. The highest BCUT2D eigenvalue weighted by atomic mass is 16.5. The summed E-state index contributed by atoms with van der Waals surface area (Å²) < 4.78 is 11.3. The number of hydrogen-bond acceptors (Lipinski definition) is 5. The number of ether oxygens (including phenoxy) is 2. The summed E-state index contributed by atoms with van der Waals surface area (Å²) in [6.07, 6.45) is 3.31. The molecule has 0 aliphatic rings. The Kier molecular flexibility index (Phi) is 4.88. The van der Waals surface area contributed by atoms with Crippen molar-refractivity contribution in [1.29, 1.82) is 0 Å². The highest BCUT2D eigenvalue weighted by Gasteiger charge is 2.29. The second-order valence-electron chi connectivity index (χ2n) is 6.20. The van der Waals surface area contributed by atoms with Gasteiger partial charge in [0.1, 0.15) is 18.1 Å². The molecule has 0 bridgehead atoms. The molecule has 2 N–H and O–H groups in total. The number of nitrogens with zero attached hydrogens (tertiary/aromatic N) is 2. The maximum atomic E-state index is 11.2. The average Bonchev–Trinajstić information content (AvgIpc) is 3.15. The molecule has 0 aliphatic carbocycles. The molecule has 2 heterocycles. The van der Waals surface area contributed by atoms with Crippen molar-refractivity contribution in [2.45, 2.75) is 26.1 Å². The Labute approximate surface area is 150 Å². The van der Waals surface area contributed by atoms with E-state index in [2.05, 4.69) is 15.2 Å². The number of pyridine rings is 1. The molecule has 0 amide bonds. The van der Waals surface area contributed by atoms with Crippen LogP contribution < -0.4 is 9.47 Å². The number of hydrogen-bond donors (Lipinski definition) is 2. The van der Waals surface area contributed by atoms with Crippen LogP contribution in [-0.4, -0.2) is 31.9 Å². The van der Waals surface area contributed by atoms with Crippen LogP contribution in [0.3, 0.4) is 0 Å². The molecular formula is C19H19N3O4. The van der Waals surface area contributed by atoms with Crippen molar-refractivity contribution < 1.29 is 19.4 Å². The highest BCUT2D eigenvalue weighted by Crippen LogP contribution is 2.22. The number of rotatable bonds is 7. The van der Waals surface area contributed by atoms with Crippen LogP contribution in [0.2, 0.25) is 0 Å². The number of aromatic amines is 1. The Morgan fingerprint density at radius 1 is 1.19 bits per heavy atom. The predicted octanol–water partition coefficient (Wildman–Crippen LogP) is 3.29. The van der Waals surface area contributed by atoms with Gasteiger partial charge in [-0.05, 0) is 49.7 Å². The van der Waals surface area contributed by atoms with Crippen LogP contribution in [0.5, 0.6) is 11.5 Å². The third-order valence-electron chi connectivity index (χ3n) is 3.71. The van der Waals surface area contributed by atoms with Gasteiger partial charge < -0.3 is 14.6 Å². The first-order chi connectivity index (χ1) is 12.4. The molecule has 0 aliphatic heterocycles. The Morgan fingerprint density at radius 3 is 2.69 bits per heavy atom. The quantitative estimate of drug-likeness (QED) is 0.676. The lowest BCUT2D eigenvalue weighted by molar-refractivity contribution is -0.152. The number of nitrogens with one attached hydrogen (secondary N) is 1. The molecule has 2 aromatic heterocycles. The molecular weight excluding hydrogens is 334 g/mol. The number of carboxylic acids is 1. The van der Waals surface area contributed by atoms with Gasteiger partial charge in [-0.15, -0.1) is 0 Å². The molecule has 0 saturated heterocycles. The van der Waals surface area contributed by atoms with Crippen LogP contribution in [0, 0.1) is 0 Å². The zero-order valence-corrected chi connectivity index (χ0v) is 14.5. The molecule has 0 unspecified atom stereocenters. The minimum absolute atomic E-state index is 0.315. The van der Waals surface area contributed by atoms with Crippen LogP contribution in [0.4, 0.5) is 0 Å². The van der Waals surface area contributed by atoms with Gasteiger partial charge in [-0.25, -0.2) is 4.79 Å². The summed E-state index contributed by atoms with van der Waals surface area (Å²) in [5.41, 5.74) is 1.18. The fraction of sp³-hybridized carbons (Fsp3) is 0.211. The lowest BCUT2D eigenvalue weighted by atomic mass is 10.1. The molecule has 0 atom stereocenters. The first-order valence-electron chi connectivity index (χ1n) is 8.04. The minimum Gasteiger partial charge on any atom is -0.487 e. The monoisotopic (exact) mass is 353 g/mol. The topological polar surface area (TPSA) is 97.3 Å². The van der Waals surface area contributed by atoms with E-state index in [-0.39, 0.29) is 0 Å². The van der Waals surface area contributed by atoms with Crippen molar-refractivity contribution in [1.82, 2.24) is 15.2 Å². The number of carbonyl (C=O) groups is 1. The Hall–Kier alpha value is -3.35. The summed E-state index contributed by atoms with van der Waals surface area (Å²) in [7, 11) is 0. The summed E-state index contributed by atoms with van der Waals surface area (Å²) in [5.74, 6) is 0.0826. The summed E-state index contributed by atoms with van der Waals surface area (Å²) >= 11 is 0. The Bertz CT molecular complexity index is 874. The van der Waals surface area contributed by atoms with Crippen molar-refractivity contribution in [3.8, 4) is 22.9 Å². The van der Waals surface area contributed by atoms with Gasteiger partial charge >= 0.3 is 5.97 Å². The molecule has 3 rings (SSSR count). The maximum Gasteiger partial charge on any atom is 0.347 e. The summed E-state index contributed by atoms with van der Waals surface area (Å²) in [4.78, 5) is 15.5. The lowest BCUT2D eigenvalue weighted by Gasteiger charge is -2.21. The first-order valence-corrected chi connectivity index (χ1v) is 8.04. The third kappa shape index (κ3) is 4.18. The number of carboxylic acid groups (broad SMARTS) is 1. The van der Waals surface area contributed by atoms with Crippen molar-refractivity contribution in [3.63, 3.8) is 0 Å². The maximum absolute atomic E-state index is 11.2. The first kappa shape index (κ1) is 17.5. The minimum atomic E-state index is -1.30. The second kappa shape index (κ2) is 7.26. The van der Waals surface area contributed by atoms with E-state index in [4.69, 9.17) is 14.6 Å². The summed E-state index contributed by atoms with van der Waals surface area (Å²) in [6.45, 7) is 3.33. The van der Waals surface area contributed by atoms with E-state index in [1.165, 1.54) is 13.8 Å². The van der Waals surface area contributed by atoms with E-state index in [0.717, 1.165) is 17.0 Å². The molecule has 134 valence electrons. The molecule has 7 heteroatoms. The van der Waals surface area contributed by atoms with Gasteiger partial charge in [-0.3, -0.25) is 10.1 Å². The molecule has 0 radical (unpaired) electrons. The molecule has 0 fully saturated rings. The zero-order chi connectivity index (χ0) is 18.6. The fourth-order valence-corrected chi connectivity index (χ4v) is 2.23. The molecule has 26 heavy (non-hydrogen) atoms. The normalized spacial score (nSPS) is 11.2. The smallest absolute Gasteiger partial charge is 0.347 e. The van der Waals surface area contributed by atoms with E-state index in [9.17, 15) is 4.79 Å². The van der Waals surface area contributed by atoms with Gasteiger partial charge in [0.15, 0.2) is 5.60 Å². The van der Waals surface area contributed by atoms with Crippen molar-refractivity contribution in [2.75, 3.05) is 0 Å². The van der Waals surface area contributed by atoms with Gasteiger partial charge in [0.2, 0.25) is 0 Å². The predicted molar refractivity (Wildman–Crippen MR) is 94.9 cm³/mol. The van der Waals surface area contributed by atoms with E-state index in [0.29, 0.717) is 18.1 Å². The van der Waals surface area contributed by atoms with Crippen molar-refractivity contribution in [2.24, 2.45) is 0 Å². The van der Waals surface area contributed by atoms with Crippen LogP contribution in [0.1, 0.15) is 19.4 Å². The Morgan fingerprint density at radius 2 is 2.04 bits per heavy atom. The van der Waals surface area contributed by atoms with Gasteiger partial charge in [0.25, 0.3) is 0 Å². The van der Waals surface area contributed by atoms with Crippen molar-refractivity contribution >= 4 is 5.97 Å². The Balaban J connectivity index is 1.63. The van der Waals surface area contributed by atoms with Crippen LogP contribution >= 0.6 is 0 Å². The number of H-pyrrole nitrogens is 1. The zero-order valence-electron chi connectivity index (χ0n) is 14.5. The van der Waals surface area contributed by atoms with Gasteiger partial charge in [-0.2, -0.15) is 5.10 Å². The number of aliphatic carboxylic acids is 1. The molecule has 7 nitrogen and oxygen atoms in total. The van der Waals surface area contributed by atoms with E-state index < -0.39 is 11.6 Å². The van der Waals surface area contributed by atoms with Crippen LogP contribution in [-0.2, 0) is 11.4 Å². The van der Waals surface area contributed by atoms with Crippen LogP contribution in [0.15, 0.2) is 54.9 Å². The van der Waals surface area contributed by atoms with E-state index >= 15 is 0 Å². The molecule has 0 saturated carbocycles. The van der Waals surface area contributed by atoms with Gasteiger partial charge in [0, 0.05) is 6.20 Å². The fourth-order valence-electron chi connectivity index (χ4n) is 2.23. The second-order valence-corrected chi connectivity index (χ2v) is 6.20. The van der Waals surface area contributed by atoms with Crippen LogP contribution in [0.25, 0.3) is 11.4 Å². The van der Waals surface area contributed by atoms with E-state index in [1.807, 2.05) is 24.3 Å². The van der Waals surface area contributed by atoms with Gasteiger partial charge in [0.05, 0.1) is 17.6 Å².